The van der Waals surface area contributed by atoms with Crippen LogP contribution in [0.5, 0.6) is 0 Å². The van der Waals surface area contributed by atoms with E-state index in [1.807, 2.05) is 18.2 Å². The Kier molecular flexibility index (Phi) is 4.15. The summed E-state index contributed by atoms with van der Waals surface area (Å²) in [5, 5.41) is 8.81. The second kappa shape index (κ2) is 6.36. The van der Waals surface area contributed by atoms with Crippen LogP contribution in [0.1, 0.15) is 32.3 Å². The molecule has 1 N–H and O–H groups in total. The molecule has 0 atom stereocenters. The number of nitrogens with one attached hydrogen (secondary N) is 1. The molecule has 0 radical (unpaired) electrons. The molecule has 2 aromatic heterocycles. The van der Waals surface area contributed by atoms with E-state index >= 15 is 0 Å². The predicted molar refractivity (Wildman–Crippen MR) is 104 cm³/mol. The van der Waals surface area contributed by atoms with Gasteiger partial charge in [0.15, 0.2) is 5.82 Å². The first-order chi connectivity index (χ1) is 12.4. The first-order valence-corrected chi connectivity index (χ1v) is 9.13. The van der Waals surface area contributed by atoms with E-state index in [9.17, 15) is 0 Å². The van der Waals surface area contributed by atoms with Gasteiger partial charge < -0.3 is 9.88 Å². The molecule has 6 nitrogen and oxygen atoms in total. The van der Waals surface area contributed by atoms with Gasteiger partial charge in [-0.2, -0.15) is 5.10 Å². The van der Waals surface area contributed by atoms with E-state index in [2.05, 4.69) is 76.0 Å². The van der Waals surface area contributed by atoms with Gasteiger partial charge >= 0.3 is 0 Å². The summed E-state index contributed by atoms with van der Waals surface area (Å²) in [6.45, 7) is 9.23. The Morgan fingerprint density at radius 3 is 2.54 bits per heavy atom. The molecule has 0 aliphatic carbocycles. The Morgan fingerprint density at radius 2 is 1.88 bits per heavy atom. The summed E-state index contributed by atoms with van der Waals surface area (Å²) in [6.07, 6.45) is 0. The van der Waals surface area contributed by atoms with Gasteiger partial charge in [0.2, 0.25) is 0 Å². The molecular weight excluding hydrogens is 324 g/mol. The Bertz CT molecular complexity index is 854. The number of likely N-dealkylation sites (N-methyl/N-ethyl adjacent to an activating group) is 1. The highest BCUT2D eigenvalue weighted by Gasteiger charge is 2.31. The van der Waals surface area contributed by atoms with Crippen LogP contribution in [-0.4, -0.2) is 51.2 Å². The summed E-state index contributed by atoms with van der Waals surface area (Å²) in [6, 6.07) is 12.8. The number of benzene rings is 1. The summed E-state index contributed by atoms with van der Waals surface area (Å²) in [5.41, 5.74) is 3.19. The molecule has 3 aromatic rings. The molecule has 0 spiro atoms. The van der Waals surface area contributed by atoms with Gasteiger partial charge in [0, 0.05) is 24.5 Å². The van der Waals surface area contributed by atoms with Crippen molar-refractivity contribution in [1.29, 1.82) is 0 Å². The number of para-hydroxylation sites is 2. The number of hydrogen-bond donors (Lipinski definition) is 1. The summed E-state index contributed by atoms with van der Waals surface area (Å²) in [4.78, 5) is 12.7. The van der Waals surface area contributed by atoms with Crippen LogP contribution in [0.15, 0.2) is 36.4 Å². The molecule has 0 bridgehead atoms. The molecule has 0 unspecified atom stereocenters. The second-order valence-electron chi connectivity index (χ2n) is 8.20. The second-order valence-corrected chi connectivity index (χ2v) is 8.20. The van der Waals surface area contributed by atoms with E-state index < -0.39 is 0 Å². The lowest BCUT2D eigenvalue weighted by atomic mass is 9.92. The maximum absolute atomic E-state index is 4.67. The van der Waals surface area contributed by atoms with Crippen molar-refractivity contribution in [2.24, 2.45) is 0 Å². The van der Waals surface area contributed by atoms with Gasteiger partial charge in [-0.1, -0.05) is 32.9 Å². The molecule has 1 aromatic carbocycles. The number of anilines is 1. The van der Waals surface area contributed by atoms with Crippen molar-refractivity contribution >= 4 is 16.9 Å². The summed E-state index contributed by atoms with van der Waals surface area (Å²) in [5.74, 6) is 1.98. The van der Waals surface area contributed by atoms with Gasteiger partial charge in [-0.05, 0) is 31.3 Å². The van der Waals surface area contributed by atoms with E-state index in [4.69, 9.17) is 0 Å². The fourth-order valence-electron chi connectivity index (χ4n) is 3.26. The van der Waals surface area contributed by atoms with Crippen LogP contribution in [0.25, 0.3) is 11.0 Å². The largest absolute Gasteiger partial charge is 0.352 e. The number of aromatic amines is 1. The van der Waals surface area contributed by atoms with E-state index in [-0.39, 0.29) is 5.41 Å². The third-order valence-corrected chi connectivity index (χ3v) is 5.07. The normalized spacial score (nSPS) is 15.7. The van der Waals surface area contributed by atoms with Gasteiger partial charge in [-0.25, -0.2) is 4.98 Å². The highest BCUT2D eigenvalue weighted by Crippen LogP contribution is 2.24. The van der Waals surface area contributed by atoms with E-state index in [1.54, 1.807) is 0 Å². The number of fused-ring (bicyclic) bond motifs is 1. The number of imidazole rings is 1. The smallest absolute Gasteiger partial charge is 0.151 e. The first-order valence-electron chi connectivity index (χ1n) is 9.13. The van der Waals surface area contributed by atoms with Crippen molar-refractivity contribution in [2.45, 2.75) is 38.8 Å². The van der Waals surface area contributed by atoms with Crippen molar-refractivity contribution in [3.63, 3.8) is 0 Å². The fourth-order valence-corrected chi connectivity index (χ4v) is 3.26. The minimum atomic E-state index is 0.0375. The highest BCUT2D eigenvalue weighted by molar-refractivity contribution is 5.74. The van der Waals surface area contributed by atoms with E-state index in [0.29, 0.717) is 6.04 Å². The van der Waals surface area contributed by atoms with Crippen molar-refractivity contribution < 1.29 is 0 Å². The molecule has 1 aliphatic heterocycles. The molecule has 3 heterocycles. The Labute approximate surface area is 154 Å². The third kappa shape index (κ3) is 3.29. The van der Waals surface area contributed by atoms with Crippen LogP contribution in [-0.2, 0) is 12.0 Å². The molecule has 1 aliphatic rings. The van der Waals surface area contributed by atoms with Crippen LogP contribution in [0.3, 0.4) is 0 Å². The van der Waals surface area contributed by atoms with Crippen LogP contribution < -0.4 is 4.90 Å². The van der Waals surface area contributed by atoms with Gasteiger partial charge in [-0.15, -0.1) is 5.10 Å². The number of nitrogens with zero attached hydrogens (tertiary/aromatic N) is 5. The lowest BCUT2D eigenvalue weighted by Gasteiger charge is -2.44. The maximum atomic E-state index is 4.67. The Hall–Kier alpha value is -2.47. The third-order valence-electron chi connectivity index (χ3n) is 5.07. The van der Waals surface area contributed by atoms with Crippen LogP contribution >= 0.6 is 0 Å². The molecule has 4 rings (SSSR count). The maximum Gasteiger partial charge on any atom is 0.151 e. The average molecular weight is 350 g/mol. The lowest BCUT2D eigenvalue weighted by Crippen LogP contribution is -2.58. The van der Waals surface area contributed by atoms with Gasteiger partial charge in [0.25, 0.3) is 0 Å². The molecule has 26 heavy (non-hydrogen) atoms. The molecular formula is C20H26N6. The summed E-state index contributed by atoms with van der Waals surface area (Å²) >= 11 is 0. The van der Waals surface area contributed by atoms with Gasteiger partial charge in [0.05, 0.1) is 23.3 Å². The number of rotatable bonds is 4. The molecule has 6 heteroatoms. The standard InChI is InChI=1S/C20H26N6/c1-20(2,3)17-9-10-19(24-23-17)26-11-14(12-26)25(4)13-18-21-15-7-5-6-8-16(15)22-18/h5-10,14H,11-13H2,1-4H3,(H,21,22). The van der Waals surface area contributed by atoms with Gasteiger partial charge in [0.1, 0.15) is 5.82 Å². The SMILES string of the molecule is CN(Cc1nc2ccccc2[nH]1)C1CN(c2ccc(C(C)(C)C)nn2)C1. The zero-order valence-electron chi connectivity index (χ0n) is 15.9. The zero-order chi connectivity index (χ0) is 18.3. The van der Waals surface area contributed by atoms with E-state index in [1.165, 1.54) is 0 Å². The van der Waals surface area contributed by atoms with Crippen molar-refractivity contribution in [3.05, 3.63) is 47.9 Å². The summed E-state index contributed by atoms with van der Waals surface area (Å²) in [7, 11) is 2.16. The molecule has 1 fully saturated rings. The number of aromatic nitrogens is 4. The van der Waals surface area contributed by atoms with Crippen LogP contribution in [0.4, 0.5) is 5.82 Å². The molecule has 0 saturated carbocycles. The predicted octanol–water partition coefficient (Wildman–Crippen LogP) is 2.97. The van der Waals surface area contributed by atoms with Crippen molar-refractivity contribution in [2.75, 3.05) is 25.0 Å². The summed E-state index contributed by atoms with van der Waals surface area (Å²) < 4.78 is 0. The fraction of sp³-hybridized carbons (Fsp3) is 0.450. The quantitative estimate of drug-likeness (QED) is 0.784. The van der Waals surface area contributed by atoms with Gasteiger partial charge in [-0.3, -0.25) is 4.90 Å². The topological polar surface area (TPSA) is 60.9 Å². The number of H-pyrrole nitrogens is 1. The molecule has 1 saturated heterocycles. The van der Waals surface area contributed by atoms with Crippen molar-refractivity contribution in [3.8, 4) is 0 Å². The molecule has 136 valence electrons. The Balaban J connectivity index is 1.35. The van der Waals surface area contributed by atoms with Crippen LogP contribution in [0, 0.1) is 0 Å². The zero-order valence-corrected chi connectivity index (χ0v) is 15.9. The number of hydrogen-bond acceptors (Lipinski definition) is 5. The first kappa shape index (κ1) is 17.0. The minimum Gasteiger partial charge on any atom is -0.352 e. The minimum absolute atomic E-state index is 0.0375. The lowest BCUT2D eigenvalue weighted by molar-refractivity contribution is 0.193. The average Bonchev–Trinajstić information content (AvgIpc) is 2.95. The van der Waals surface area contributed by atoms with E-state index in [0.717, 1.165) is 48.0 Å². The Morgan fingerprint density at radius 1 is 1.12 bits per heavy atom. The highest BCUT2D eigenvalue weighted by atomic mass is 15.4. The monoisotopic (exact) mass is 350 g/mol. The van der Waals surface area contributed by atoms with Crippen LogP contribution in [0.2, 0.25) is 0 Å². The molecule has 0 amide bonds. The van der Waals surface area contributed by atoms with Crippen molar-refractivity contribution in [1.82, 2.24) is 25.1 Å².